The summed E-state index contributed by atoms with van der Waals surface area (Å²) in [6, 6.07) is 2.56. The molecule has 0 bridgehead atoms. The molecule has 1 rings (SSSR count). The van der Waals surface area contributed by atoms with Crippen molar-refractivity contribution in [2.24, 2.45) is 0 Å². The highest BCUT2D eigenvalue weighted by Crippen LogP contribution is 2.28. The first-order valence-electron chi connectivity index (χ1n) is 5.88. The molecule has 0 saturated carbocycles. The zero-order valence-corrected chi connectivity index (χ0v) is 13.4. The van der Waals surface area contributed by atoms with Crippen LogP contribution in [0.4, 0.5) is 18.9 Å². The third-order valence-electron chi connectivity index (χ3n) is 2.46. The number of amides is 2. The van der Waals surface area contributed by atoms with Crippen molar-refractivity contribution in [1.29, 1.82) is 0 Å². The molecular weight excluding hydrogens is 362 g/mol. The number of methoxy groups -OCH3 is 1. The fourth-order valence-electron chi connectivity index (χ4n) is 1.43. The number of anilines is 1. The lowest BCUT2D eigenvalue weighted by molar-refractivity contribution is -0.137. The van der Waals surface area contributed by atoms with E-state index in [4.69, 9.17) is 22.1 Å². The third-order valence-corrected chi connectivity index (χ3v) is 2.79. The summed E-state index contributed by atoms with van der Waals surface area (Å²) in [5, 5.41) is 3.89. The SMILES string of the molecule is COc1cc(N)c(Cl)cc1C(=O)NCC(=O)NCC(F)(F)F.Cl. The van der Waals surface area contributed by atoms with Gasteiger partial charge in [0.2, 0.25) is 5.91 Å². The first kappa shape index (κ1) is 21.1. The Labute approximate surface area is 140 Å². The first-order chi connectivity index (χ1) is 10.1. The molecule has 0 aliphatic rings. The van der Waals surface area contributed by atoms with E-state index in [1.807, 2.05) is 0 Å². The van der Waals surface area contributed by atoms with Gasteiger partial charge in [-0.2, -0.15) is 13.2 Å². The van der Waals surface area contributed by atoms with Gasteiger partial charge in [-0.25, -0.2) is 0 Å². The van der Waals surface area contributed by atoms with E-state index >= 15 is 0 Å². The van der Waals surface area contributed by atoms with E-state index < -0.39 is 31.1 Å². The van der Waals surface area contributed by atoms with Crippen molar-refractivity contribution in [2.45, 2.75) is 6.18 Å². The number of nitrogens with two attached hydrogens (primary N) is 1. The molecule has 0 unspecified atom stereocenters. The van der Waals surface area contributed by atoms with Gasteiger partial charge in [0.1, 0.15) is 12.3 Å². The number of ether oxygens (including phenoxy) is 1. The van der Waals surface area contributed by atoms with Crippen LogP contribution in [0.1, 0.15) is 10.4 Å². The molecule has 0 atom stereocenters. The van der Waals surface area contributed by atoms with Crippen LogP contribution in [-0.4, -0.2) is 38.2 Å². The van der Waals surface area contributed by atoms with Crippen LogP contribution in [0.25, 0.3) is 0 Å². The van der Waals surface area contributed by atoms with Gasteiger partial charge in [-0.15, -0.1) is 12.4 Å². The molecule has 0 fully saturated rings. The maximum Gasteiger partial charge on any atom is 0.405 e. The molecule has 1 aromatic carbocycles. The van der Waals surface area contributed by atoms with Crippen LogP contribution in [-0.2, 0) is 4.79 Å². The minimum Gasteiger partial charge on any atom is -0.496 e. The zero-order chi connectivity index (χ0) is 16.9. The lowest BCUT2D eigenvalue weighted by Crippen LogP contribution is -2.40. The molecule has 0 heterocycles. The molecule has 1 aromatic rings. The van der Waals surface area contributed by atoms with Crippen molar-refractivity contribution < 1.29 is 27.5 Å². The maximum atomic E-state index is 11.9. The number of benzene rings is 1. The molecular formula is C12H14Cl2F3N3O3. The number of nitrogens with one attached hydrogen (secondary N) is 2. The lowest BCUT2D eigenvalue weighted by Gasteiger charge is -2.12. The number of nitrogen functional groups attached to an aromatic ring is 1. The van der Waals surface area contributed by atoms with Crippen molar-refractivity contribution in [1.82, 2.24) is 10.6 Å². The van der Waals surface area contributed by atoms with Crippen LogP contribution in [0.5, 0.6) is 5.75 Å². The van der Waals surface area contributed by atoms with Gasteiger partial charge in [0.25, 0.3) is 5.91 Å². The smallest absolute Gasteiger partial charge is 0.405 e. The Morgan fingerprint density at radius 2 is 1.91 bits per heavy atom. The average molecular weight is 376 g/mol. The second-order valence-corrected chi connectivity index (χ2v) is 4.56. The minimum absolute atomic E-state index is 0. The highest BCUT2D eigenvalue weighted by Gasteiger charge is 2.27. The van der Waals surface area contributed by atoms with Gasteiger partial charge >= 0.3 is 6.18 Å². The molecule has 0 saturated heterocycles. The monoisotopic (exact) mass is 375 g/mol. The number of carbonyl (C=O) groups excluding carboxylic acids is 2. The third kappa shape index (κ3) is 6.83. The van der Waals surface area contributed by atoms with E-state index in [1.54, 1.807) is 5.32 Å². The predicted octanol–water partition coefficient (Wildman–Crippen LogP) is 1.76. The van der Waals surface area contributed by atoms with Crippen LogP contribution in [0, 0.1) is 0 Å². The van der Waals surface area contributed by atoms with Crippen molar-refractivity contribution in [2.75, 3.05) is 25.9 Å². The van der Waals surface area contributed by atoms with Gasteiger partial charge in [0.05, 0.1) is 29.9 Å². The van der Waals surface area contributed by atoms with Crippen LogP contribution in [0.2, 0.25) is 5.02 Å². The second-order valence-electron chi connectivity index (χ2n) is 4.15. The van der Waals surface area contributed by atoms with Crippen LogP contribution >= 0.6 is 24.0 Å². The summed E-state index contributed by atoms with van der Waals surface area (Å²) >= 11 is 5.78. The largest absolute Gasteiger partial charge is 0.496 e. The Morgan fingerprint density at radius 1 is 1.30 bits per heavy atom. The number of halogens is 5. The van der Waals surface area contributed by atoms with Crippen LogP contribution < -0.4 is 21.1 Å². The Hall–Kier alpha value is -1.87. The highest BCUT2D eigenvalue weighted by atomic mass is 35.5. The Balaban J connectivity index is 0.00000484. The fraction of sp³-hybridized carbons (Fsp3) is 0.333. The number of carbonyl (C=O) groups is 2. The zero-order valence-electron chi connectivity index (χ0n) is 11.8. The maximum absolute atomic E-state index is 11.9. The summed E-state index contributed by atoms with van der Waals surface area (Å²) in [6.45, 7) is -2.10. The summed E-state index contributed by atoms with van der Waals surface area (Å²) in [7, 11) is 1.30. The lowest BCUT2D eigenvalue weighted by atomic mass is 10.1. The van der Waals surface area contributed by atoms with E-state index in [0.29, 0.717) is 0 Å². The summed E-state index contributed by atoms with van der Waals surface area (Å²) in [4.78, 5) is 23.1. The summed E-state index contributed by atoms with van der Waals surface area (Å²) in [5.41, 5.74) is 5.75. The molecule has 23 heavy (non-hydrogen) atoms. The molecule has 11 heteroatoms. The van der Waals surface area contributed by atoms with Crippen LogP contribution in [0.15, 0.2) is 12.1 Å². The fourth-order valence-corrected chi connectivity index (χ4v) is 1.60. The second kappa shape index (κ2) is 8.68. The topological polar surface area (TPSA) is 93.4 Å². The van der Waals surface area contributed by atoms with E-state index in [0.717, 1.165) is 0 Å². The van der Waals surface area contributed by atoms with Crippen LogP contribution in [0.3, 0.4) is 0 Å². The van der Waals surface area contributed by atoms with Crippen molar-refractivity contribution >= 4 is 41.5 Å². The first-order valence-corrected chi connectivity index (χ1v) is 6.26. The van der Waals surface area contributed by atoms with Gasteiger partial charge in [-0.3, -0.25) is 9.59 Å². The molecule has 130 valence electrons. The number of hydrogen-bond acceptors (Lipinski definition) is 4. The number of alkyl halides is 3. The van der Waals surface area contributed by atoms with Gasteiger partial charge < -0.3 is 21.1 Å². The van der Waals surface area contributed by atoms with Crippen molar-refractivity contribution in [3.8, 4) is 5.75 Å². The van der Waals surface area contributed by atoms with Crippen molar-refractivity contribution in [3.05, 3.63) is 22.7 Å². The summed E-state index contributed by atoms with van der Waals surface area (Å²) < 4.78 is 40.7. The van der Waals surface area contributed by atoms with Gasteiger partial charge in [0, 0.05) is 6.07 Å². The quantitative estimate of drug-likeness (QED) is 0.683. The Morgan fingerprint density at radius 3 is 2.43 bits per heavy atom. The van der Waals surface area contributed by atoms with E-state index in [-0.39, 0.29) is 34.4 Å². The normalized spacial score (nSPS) is 10.5. The summed E-state index contributed by atoms with van der Waals surface area (Å²) in [6.07, 6.45) is -4.52. The molecule has 0 aliphatic heterocycles. The summed E-state index contributed by atoms with van der Waals surface area (Å²) in [5.74, 6) is -1.60. The Kier molecular flexibility index (Phi) is 7.98. The van der Waals surface area contributed by atoms with E-state index in [2.05, 4.69) is 5.32 Å². The predicted molar refractivity (Wildman–Crippen MR) is 81.1 cm³/mol. The van der Waals surface area contributed by atoms with Crippen molar-refractivity contribution in [3.63, 3.8) is 0 Å². The highest BCUT2D eigenvalue weighted by molar-refractivity contribution is 6.33. The van der Waals surface area contributed by atoms with Gasteiger partial charge in [-0.05, 0) is 6.07 Å². The molecule has 0 radical (unpaired) electrons. The molecule has 0 aromatic heterocycles. The Bertz CT molecular complexity index is 583. The average Bonchev–Trinajstić information content (AvgIpc) is 2.44. The molecule has 0 aliphatic carbocycles. The van der Waals surface area contributed by atoms with E-state index in [1.165, 1.54) is 19.2 Å². The minimum atomic E-state index is -4.52. The van der Waals surface area contributed by atoms with Gasteiger partial charge in [-0.1, -0.05) is 11.6 Å². The molecule has 6 nitrogen and oxygen atoms in total. The molecule has 2 amide bonds. The standard InChI is InChI=1S/C12H13ClF3N3O3.ClH/c1-22-9-3-8(17)7(13)2-6(9)11(21)18-4-10(20)19-5-12(14,15)16;/h2-3H,4-5,17H2,1H3,(H,18,21)(H,19,20);1H. The van der Waals surface area contributed by atoms with E-state index in [9.17, 15) is 22.8 Å². The van der Waals surface area contributed by atoms with Gasteiger partial charge in [0.15, 0.2) is 0 Å². The molecule has 4 N–H and O–H groups in total. The number of rotatable bonds is 5. The number of hydrogen-bond donors (Lipinski definition) is 3. The molecule has 0 spiro atoms.